The molecule has 2 atom stereocenters. The zero-order valence-electron chi connectivity index (χ0n) is 8.95. The van der Waals surface area contributed by atoms with Gasteiger partial charge in [0.25, 0.3) is 0 Å². The van der Waals surface area contributed by atoms with Crippen LogP contribution in [0, 0.1) is 5.92 Å². The topological polar surface area (TPSA) is 55.1 Å². The Labute approximate surface area is 90.2 Å². The van der Waals surface area contributed by atoms with Crippen LogP contribution in [0.25, 0.3) is 0 Å². The van der Waals surface area contributed by atoms with Crippen molar-refractivity contribution in [2.75, 3.05) is 0 Å². The highest BCUT2D eigenvalue weighted by Crippen LogP contribution is 2.34. The molecule has 14 heavy (non-hydrogen) atoms. The molecule has 4 heteroatoms. The predicted molar refractivity (Wildman–Crippen MR) is 60.8 cm³/mol. The van der Waals surface area contributed by atoms with E-state index in [1.165, 1.54) is 25.7 Å². The number of rotatable bonds is 4. The summed E-state index contributed by atoms with van der Waals surface area (Å²) in [5.74, 6) is 5.06. The number of amides is 1. The maximum Gasteiger partial charge on any atom is 0.237 e. The van der Waals surface area contributed by atoms with Crippen LogP contribution >= 0.6 is 11.8 Å². The number of thioether (sulfide) groups is 1. The van der Waals surface area contributed by atoms with Gasteiger partial charge in [-0.1, -0.05) is 26.7 Å². The van der Waals surface area contributed by atoms with E-state index in [2.05, 4.69) is 12.3 Å². The highest BCUT2D eigenvalue weighted by atomic mass is 32.2. The molecule has 1 aliphatic carbocycles. The SMILES string of the molecule is CC(SC1CCCC1)C(C)C(=O)NN. The molecule has 0 aromatic heterocycles. The van der Waals surface area contributed by atoms with Crippen LogP contribution in [0.3, 0.4) is 0 Å². The van der Waals surface area contributed by atoms with E-state index < -0.39 is 0 Å². The molecule has 0 bridgehead atoms. The standard InChI is InChI=1S/C10H20N2OS/c1-7(10(13)12-11)8(2)14-9-5-3-4-6-9/h7-9H,3-6,11H2,1-2H3,(H,12,13). The van der Waals surface area contributed by atoms with Gasteiger partial charge in [-0.2, -0.15) is 11.8 Å². The van der Waals surface area contributed by atoms with Gasteiger partial charge >= 0.3 is 0 Å². The molecule has 3 nitrogen and oxygen atoms in total. The molecule has 82 valence electrons. The van der Waals surface area contributed by atoms with E-state index in [-0.39, 0.29) is 11.8 Å². The van der Waals surface area contributed by atoms with Gasteiger partial charge in [0.2, 0.25) is 5.91 Å². The normalized spacial score (nSPS) is 21.9. The van der Waals surface area contributed by atoms with Gasteiger partial charge in [-0.15, -0.1) is 0 Å². The van der Waals surface area contributed by atoms with Crippen molar-refractivity contribution in [2.24, 2.45) is 11.8 Å². The number of hydrazine groups is 1. The first-order chi connectivity index (χ1) is 6.65. The van der Waals surface area contributed by atoms with Gasteiger partial charge < -0.3 is 0 Å². The van der Waals surface area contributed by atoms with Crippen molar-refractivity contribution in [1.82, 2.24) is 5.43 Å². The smallest absolute Gasteiger partial charge is 0.237 e. The molecular weight excluding hydrogens is 196 g/mol. The lowest BCUT2D eigenvalue weighted by molar-refractivity contribution is -0.124. The summed E-state index contributed by atoms with van der Waals surface area (Å²) in [7, 11) is 0. The number of carbonyl (C=O) groups is 1. The van der Waals surface area contributed by atoms with E-state index in [0.717, 1.165) is 5.25 Å². The average Bonchev–Trinajstić information content (AvgIpc) is 2.68. The molecule has 1 amide bonds. The average molecular weight is 216 g/mol. The number of hydrogen-bond acceptors (Lipinski definition) is 3. The highest BCUT2D eigenvalue weighted by Gasteiger charge is 2.24. The summed E-state index contributed by atoms with van der Waals surface area (Å²) < 4.78 is 0. The molecule has 0 aromatic rings. The maximum absolute atomic E-state index is 11.3. The van der Waals surface area contributed by atoms with Gasteiger partial charge in [-0.25, -0.2) is 5.84 Å². The minimum absolute atomic E-state index is 0.00519. The van der Waals surface area contributed by atoms with Crippen molar-refractivity contribution in [1.29, 1.82) is 0 Å². The van der Waals surface area contributed by atoms with Gasteiger partial charge in [0.1, 0.15) is 0 Å². The minimum Gasteiger partial charge on any atom is -0.294 e. The van der Waals surface area contributed by atoms with Crippen molar-refractivity contribution in [3.8, 4) is 0 Å². The minimum atomic E-state index is -0.0528. The zero-order valence-corrected chi connectivity index (χ0v) is 9.77. The van der Waals surface area contributed by atoms with Crippen LogP contribution in [0.4, 0.5) is 0 Å². The lowest BCUT2D eigenvalue weighted by Gasteiger charge is -2.21. The van der Waals surface area contributed by atoms with Crippen LogP contribution in [-0.2, 0) is 4.79 Å². The lowest BCUT2D eigenvalue weighted by atomic mass is 10.1. The fourth-order valence-electron chi connectivity index (χ4n) is 1.79. The number of nitrogens with two attached hydrogens (primary N) is 1. The Bertz CT molecular complexity index is 193. The molecule has 1 saturated carbocycles. The first-order valence-electron chi connectivity index (χ1n) is 5.31. The van der Waals surface area contributed by atoms with Crippen LogP contribution in [0.1, 0.15) is 39.5 Å². The Morgan fingerprint density at radius 3 is 2.50 bits per heavy atom. The molecule has 2 unspecified atom stereocenters. The van der Waals surface area contributed by atoms with Crippen LogP contribution < -0.4 is 11.3 Å². The summed E-state index contributed by atoms with van der Waals surface area (Å²) in [6, 6.07) is 0. The van der Waals surface area contributed by atoms with Crippen LogP contribution in [0.5, 0.6) is 0 Å². The summed E-state index contributed by atoms with van der Waals surface area (Å²) in [5, 5.41) is 1.12. The molecule has 1 rings (SSSR count). The molecule has 0 spiro atoms. The number of hydrogen-bond donors (Lipinski definition) is 2. The van der Waals surface area contributed by atoms with Crippen molar-refractivity contribution in [3.05, 3.63) is 0 Å². The molecule has 1 fully saturated rings. The summed E-state index contributed by atoms with van der Waals surface area (Å²) >= 11 is 1.94. The van der Waals surface area contributed by atoms with E-state index in [4.69, 9.17) is 5.84 Å². The Balaban J connectivity index is 2.32. The molecule has 0 aromatic carbocycles. The zero-order chi connectivity index (χ0) is 10.6. The second-order valence-electron chi connectivity index (χ2n) is 4.04. The Hall–Kier alpha value is -0.220. The van der Waals surface area contributed by atoms with E-state index in [0.29, 0.717) is 5.25 Å². The van der Waals surface area contributed by atoms with Gasteiger partial charge in [-0.05, 0) is 12.8 Å². The monoisotopic (exact) mass is 216 g/mol. The molecule has 0 saturated heterocycles. The third-order valence-electron chi connectivity index (χ3n) is 2.97. The van der Waals surface area contributed by atoms with Crippen molar-refractivity contribution < 1.29 is 4.79 Å². The van der Waals surface area contributed by atoms with E-state index in [9.17, 15) is 4.79 Å². The van der Waals surface area contributed by atoms with Gasteiger partial charge in [0.15, 0.2) is 0 Å². The van der Waals surface area contributed by atoms with Gasteiger partial charge in [0, 0.05) is 16.4 Å². The van der Waals surface area contributed by atoms with E-state index in [1.54, 1.807) is 0 Å². The Kier molecular flexibility index (Phi) is 4.75. The Morgan fingerprint density at radius 1 is 1.43 bits per heavy atom. The summed E-state index contributed by atoms with van der Waals surface area (Å²) in [5.41, 5.74) is 2.22. The number of nitrogens with one attached hydrogen (secondary N) is 1. The summed E-state index contributed by atoms with van der Waals surface area (Å²) in [4.78, 5) is 11.3. The summed E-state index contributed by atoms with van der Waals surface area (Å²) in [6.07, 6.45) is 5.32. The molecule has 3 N–H and O–H groups in total. The van der Waals surface area contributed by atoms with Crippen LogP contribution in [0.15, 0.2) is 0 Å². The summed E-state index contributed by atoms with van der Waals surface area (Å²) in [6.45, 7) is 4.05. The maximum atomic E-state index is 11.3. The first-order valence-corrected chi connectivity index (χ1v) is 6.25. The molecule has 1 aliphatic rings. The quantitative estimate of drug-likeness (QED) is 0.427. The predicted octanol–water partition coefficient (Wildman–Crippen LogP) is 1.68. The molecular formula is C10H20N2OS. The van der Waals surface area contributed by atoms with Crippen LogP contribution in [0.2, 0.25) is 0 Å². The fourth-order valence-corrected chi connectivity index (χ4v) is 3.36. The third-order valence-corrected chi connectivity index (χ3v) is 4.66. The van der Waals surface area contributed by atoms with Gasteiger partial charge in [0.05, 0.1) is 0 Å². The fraction of sp³-hybridized carbons (Fsp3) is 0.900. The first kappa shape index (κ1) is 11.9. The highest BCUT2D eigenvalue weighted by molar-refractivity contribution is 8.00. The van der Waals surface area contributed by atoms with Crippen molar-refractivity contribution >= 4 is 17.7 Å². The van der Waals surface area contributed by atoms with Crippen LogP contribution in [-0.4, -0.2) is 16.4 Å². The molecule has 0 radical (unpaired) electrons. The molecule has 0 heterocycles. The largest absolute Gasteiger partial charge is 0.294 e. The van der Waals surface area contributed by atoms with E-state index in [1.807, 2.05) is 18.7 Å². The molecule has 0 aliphatic heterocycles. The Morgan fingerprint density at radius 2 is 2.00 bits per heavy atom. The second kappa shape index (κ2) is 5.61. The second-order valence-corrected chi connectivity index (χ2v) is 5.73. The van der Waals surface area contributed by atoms with Crippen molar-refractivity contribution in [3.63, 3.8) is 0 Å². The lowest BCUT2D eigenvalue weighted by Crippen LogP contribution is -2.38. The number of carbonyl (C=O) groups excluding carboxylic acids is 1. The third kappa shape index (κ3) is 3.17. The van der Waals surface area contributed by atoms with Crippen molar-refractivity contribution in [2.45, 2.75) is 50.0 Å². The van der Waals surface area contributed by atoms with E-state index >= 15 is 0 Å². The van der Waals surface area contributed by atoms with Gasteiger partial charge in [-0.3, -0.25) is 10.2 Å².